The van der Waals surface area contributed by atoms with Gasteiger partial charge in [0, 0.05) is 6.61 Å². The van der Waals surface area contributed by atoms with Crippen molar-refractivity contribution in [2.24, 2.45) is 0 Å². The lowest BCUT2D eigenvalue weighted by Crippen LogP contribution is -2.44. The fourth-order valence-corrected chi connectivity index (χ4v) is 2.53. The lowest BCUT2D eigenvalue weighted by Gasteiger charge is -2.30. The van der Waals surface area contributed by atoms with Crippen molar-refractivity contribution in [1.82, 2.24) is 5.32 Å². The van der Waals surface area contributed by atoms with Gasteiger partial charge in [0.1, 0.15) is 6.61 Å². The first kappa shape index (κ1) is 18.6. The molecule has 0 aliphatic carbocycles. The summed E-state index contributed by atoms with van der Waals surface area (Å²) in [7, 11) is 1.45. The quantitative estimate of drug-likeness (QED) is 0.718. The van der Waals surface area contributed by atoms with Crippen LogP contribution in [0.5, 0.6) is 11.5 Å². The van der Waals surface area contributed by atoms with E-state index < -0.39 is 11.6 Å². The van der Waals surface area contributed by atoms with Gasteiger partial charge in [0.05, 0.1) is 12.6 Å². The largest absolute Gasteiger partial charge is 0.504 e. The van der Waals surface area contributed by atoms with Crippen LogP contribution >= 0.6 is 0 Å². The van der Waals surface area contributed by atoms with E-state index in [1.807, 2.05) is 37.3 Å². The van der Waals surface area contributed by atoms with Gasteiger partial charge >= 0.3 is 6.09 Å². The van der Waals surface area contributed by atoms with Gasteiger partial charge in [0.2, 0.25) is 0 Å². The molecule has 0 aliphatic heterocycles. The number of aliphatic hydroxyl groups is 1. The highest BCUT2D eigenvalue weighted by Crippen LogP contribution is 2.27. The van der Waals surface area contributed by atoms with Crippen LogP contribution in [-0.4, -0.2) is 30.0 Å². The Bertz CT molecular complexity index is 704. The number of phenolic OH excluding ortho intramolecular Hbond substituents is 1. The smallest absolute Gasteiger partial charge is 0.408 e. The van der Waals surface area contributed by atoms with E-state index in [1.54, 1.807) is 12.1 Å². The zero-order valence-corrected chi connectivity index (χ0v) is 14.4. The highest BCUT2D eigenvalue weighted by atomic mass is 16.5. The number of aromatic hydroxyl groups is 1. The van der Waals surface area contributed by atoms with Gasteiger partial charge in [-0.05, 0) is 36.6 Å². The molecule has 0 spiro atoms. The molecule has 0 heterocycles. The van der Waals surface area contributed by atoms with E-state index in [1.165, 1.54) is 13.2 Å². The molecular weight excluding hydrogens is 322 g/mol. The van der Waals surface area contributed by atoms with Crippen LogP contribution < -0.4 is 10.1 Å². The molecule has 0 saturated heterocycles. The number of alkyl carbamates (subject to hydrolysis) is 1. The number of rotatable bonds is 7. The third-order valence-electron chi connectivity index (χ3n) is 4.01. The van der Waals surface area contributed by atoms with Crippen LogP contribution in [-0.2, 0) is 16.9 Å². The molecule has 2 rings (SSSR count). The molecule has 0 fully saturated rings. The monoisotopic (exact) mass is 345 g/mol. The van der Waals surface area contributed by atoms with Crippen molar-refractivity contribution in [3.63, 3.8) is 0 Å². The fourth-order valence-electron chi connectivity index (χ4n) is 2.53. The number of carbonyl (C=O) groups is 1. The van der Waals surface area contributed by atoms with Crippen LogP contribution in [0.15, 0.2) is 48.5 Å². The summed E-state index contributed by atoms with van der Waals surface area (Å²) in [5, 5.41) is 21.7. The highest BCUT2D eigenvalue weighted by Gasteiger charge is 2.28. The number of amides is 1. The van der Waals surface area contributed by atoms with Crippen molar-refractivity contribution < 1.29 is 24.5 Å². The molecule has 1 atom stereocenters. The summed E-state index contributed by atoms with van der Waals surface area (Å²) >= 11 is 0. The summed E-state index contributed by atoms with van der Waals surface area (Å²) in [6.45, 7) is 1.80. The zero-order valence-electron chi connectivity index (χ0n) is 14.4. The third kappa shape index (κ3) is 4.87. The standard InChI is InChI=1S/C19H23NO5/c1-19(10-11-21,15-6-4-3-5-7-15)20-18(23)25-13-14-8-9-16(22)17(12-14)24-2/h3-9,12,21-22H,10-11,13H2,1-2H3,(H,20,23). The van der Waals surface area contributed by atoms with Gasteiger partial charge in [-0.2, -0.15) is 0 Å². The second-order valence-corrected chi connectivity index (χ2v) is 5.88. The zero-order chi connectivity index (χ0) is 18.3. The Kier molecular flexibility index (Phi) is 6.25. The number of aliphatic hydroxyl groups excluding tert-OH is 1. The molecule has 2 aromatic carbocycles. The first-order valence-electron chi connectivity index (χ1n) is 7.95. The fraction of sp³-hybridized carbons (Fsp3) is 0.316. The summed E-state index contributed by atoms with van der Waals surface area (Å²) < 4.78 is 10.3. The van der Waals surface area contributed by atoms with Gasteiger partial charge in [-0.1, -0.05) is 36.4 Å². The molecule has 0 aromatic heterocycles. The predicted molar refractivity (Wildman–Crippen MR) is 93.5 cm³/mol. The Morgan fingerprint density at radius 2 is 1.92 bits per heavy atom. The van der Waals surface area contributed by atoms with Gasteiger partial charge in [0.25, 0.3) is 0 Å². The van der Waals surface area contributed by atoms with Crippen LogP contribution in [0.4, 0.5) is 4.79 Å². The lowest BCUT2D eigenvalue weighted by molar-refractivity contribution is 0.122. The number of ether oxygens (including phenoxy) is 2. The van der Waals surface area contributed by atoms with Gasteiger partial charge in [-0.3, -0.25) is 0 Å². The average Bonchev–Trinajstić information content (AvgIpc) is 2.62. The molecule has 0 radical (unpaired) electrons. The Hall–Kier alpha value is -2.73. The van der Waals surface area contributed by atoms with Crippen molar-refractivity contribution in [1.29, 1.82) is 0 Å². The van der Waals surface area contributed by atoms with Crippen molar-refractivity contribution in [2.45, 2.75) is 25.5 Å². The van der Waals surface area contributed by atoms with E-state index in [0.717, 1.165) is 5.56 Å². The Balaban J connectivity index is 2.02. The van der Waals surface area contributed by atoms with Crippen molar-refractivity contribution in [2.75, 3.05) is 13.7 Å². The highest BCUT2D eigenvalue weighted by molar-refractivity contribution is 5.68. The topological polar surface area (TPSA) is 88.0 Å². The summed E-state index contributed by atoms with van der Waals surface area (Å²) in [6, 6.07) is 14.2. The minimum atomic E-state index is -0.736. The lowest BCUT2D eigenvalue weighted by atomic mass is 9.89. The summed E-state index contributed by atoms with van der Waals surface area (Å²) in [5.74, 6) is 0.339. The molecule has 1 unspecified atom stereocenters. The molecule has 6 nitrogen and oxygen atoms in total. The number of nitrogens with one attached hydrogen (secondary N) is 1. The first-order valence-corrected chi connectivity index (χ1v) is 7.95. The van der Waals surface area contributed by atoms with Crippen molar-refractivity contribution >= 4 is 6.09 Å². The molecule has 134 valence electrons. The number of phenols is 1. The number of methoxy groups -OCH3 is 1. The second-order valence-electron chi connectivity index (χ2n) is 5.88. The maximum Gasteiger partial charge on any atom is 0.408 e. The average molecular weight is 345 g/mol. The van der Waals surface area contributed by atoms with E-state index >= 15 is 0 Å². The van der Waals surface area contributed by atoms with Gasteiger partial charge in [-0.15, -0.1) is 0 Å². The number of benzene rings is 2. The van der Waals surface area contributed by atoms with Crippen LogP contribution in [0.3, 0.4) is 0 Å². The molecule has 3 N–H and O–H groups in total. The van der Waals surface area contributed by atoms with Gasteiger partial charge < -0.3 is 25.0 Å². The second kappa shape index (κ2) is 8.39. The minimum absolute atomic E-state index is 0.0234. The van der Waals surface area contributed by atoms with Crippen molar-refractivity contribution in [3.05, 3.63) is 59.7 Å². The van der Waals surface area contributed by atoms with Crippen LogP contribution in [0, 0.1) is 0 Å². The van der Waals surface area contributed by atoms with Gasteiger partial charge in [0.15, 0.2) is 11.5 Å². The van der Waals surface area contributed by atoms with Crippen molar-refractivity contribution in [3.8, 4) is 11.5 Å². The Morgan fingerprint density at radius 3 is 2.56 bits per heavy atom. The van der Waals surface area contributed by atoms with Gasteiger partial charge in [-0.25, -0.2) is 4.79 Å². The number of hydrogen-bond acceptors (Lipinski definition) is 5. The number of carbonyl (C=O) groups excluding carboxylic acids is 1. The number of hydrogen-bond donors (Lipinski definition) is 3. The SMILES string of the molecule is COc1cc(COC(=O)NC(C)(CCO)c2ccccc2)ccc1O. The van der Waals surface area contributed by atoms with Crippen LogP contribution in [0.2, 0.25) is 0 Å². The summed E-state index contributed by atoms with van der Waals surface area (Å²) in [5.41, 5.74) is 0.834. The maximum absolute atomic E-state index is 12.2. The Labute approximate surface area is 147 Å². The maximum atomic E-state index is 12.2. The molecule has 6 heteroatoms. The van der Waals surface area contributed by atoms with Crippen LogP contribution in [0.25, 0.3) is 0 Å². The minimum Gasteiger partial charge on any atom is -0.504 e. The third-order valence-corrected chi connectivity index (χ3v) is 4.01. The van der Waals surface area contributed by atoms with Crippen LogP contribution in [0.1, 0.15) is 24.5 Å². The van der Waals surface area contributed by atoms with E-state index in [0.29, 0.717) is 17.7 Å². The molecule has 0 bridgehead atoms. The molecule has 0 aliphatic rings. The predicted octanol–water partition coefficient (Wildman–Crippen LogP) is 2.92. The van der Waals surface area contributed by atoms with E-state index in [2.05, 4.69) is 5.32 Å². The molecule has 0 saturated carbocycles. The summed E-state index contributed by atoms with van der Waals surface area (Å²) in [6.07, 6.45) is -0.231. The molecule has 25 heavy (non-hydrogen) atoms. The van der Waals surface area contributed by atoms with E-state index in [9.17, 15) is 15.0 Å². The summed E-state index contributed by atoms with van der Waals surface area (Å²) in [4.78, 5) is 12.2. The molecule has 2 aromatic rings. The first-order chi connectivity index (χ1) is 12.0. The molecule has 1 amide bonds. The van der Waals surface area contributed by atoms with E-state index in [-0.39, 0.29) is 19.0 Å². The Morgan fingerprint density at radius 1 is 1.20 bits per heavy atom. The van der Waals surface area contributed by atoms with E-state index in [4.69, 9.17) is 9.47 Å². The normalized spacial score (nSPS) is 12.9. The molecular formula is C19H23NO5.